The van der Waals surface area contributed by atoms with E-state index in [0.29, 0.717) is 5.92 Å². The van der Waals surface area contributed by atoms with Crippen molar-refractivity contribution < 1.29 is 0 Å². The number of likely N-dealkylation sites (tertiary alicyclic amines) is 1. The Balaban J connectivity index is 0.00000312. The molecule has 6 heteroatoms. The maximum absolute atomic E-state index is 4.88. The summed E-state index contributed by atoms with van der Waals surface area (Å²) in [6.45, 7) is 10.8. The van der Waals surface area contributed by atoms with Crippen LogP contribution in [-0.4, -0.2) is 60.1 Å². The Morgan fingerprint density at radius 3 is 2.64 bits per heavy atom. The molecule has 0 amide bonds. The van der Waals surface area contributed by atoms with E-state index in [1.165, 1.54) is 44.6 Å². The number of nitrogens with one attached hydrogen (secondary N) is 1. The van der Waals surface area contributed by atoms with E-state index in [4.69, 9.17) is 4.99 Å². The summed E-state index contributed by atoms with van der Waals surface area (Å²) < 4.78 is 2.17. The van der Waals surface area contributed by atoms with Gasteiger partial charge in [-0.25, -0.2) is 0 Å². The summed E-state index contributed by atoms with van der Waals surface area (Å²) in [6, 6.07) is 4.26. The molecule has 2 heterocycles. The second-order valence-electron chi connectivity index (χ2n) is 7.13. The van der Waals surface area contributed by atoms with E-state index in [2.05, 4.69) is 66.0 Å². The summed E-state index contributed by atoms with van der Waals surface area (Å²) in [4.78, 5) is 9.70. The third kappa shape index (κ3) is 7.56. The van der Waals surface area contributed by atoms with Gasteiger partial charge in [0, 0.05) is 45.6 Å². The van der Waals surface area contributed by atoms with Crippen molar-refractivity contribution in [1.82, 2.24) is 19.7 Å². The summed E-state index contributed by atoms with van der Waals surface area (Å²) >= 11 is 0. The van der Waals surface area contributed by atoms with E-state index in [1.807, 2.05) is 0 Å². The zero-order valence-corrected chi connectivity index (χ0v) is 18.7. The highest BCUT2D eigenvalue weighted by Gasteiger charge is 2.14. The molecule has 144 valence electrons. The standard InChI is InChI=1S/C19H35N5.HI/c1-5-20-19(23(4)16-18-10-9-11-22(18)3)21-14-17(2)15-24-12-7-6-8-13-24;/h9-11,17H,5-8,12-16H2,1-4H3,(H,20,21);1H. The smallest absolute Gasteiger partial charge is 0.194 e. The highest BCUT2D eigenvalue weighted by molar-refractivity contribution is 14.0. The topological polar surface area (TPSA) is 35.8 Å². The van der Waals surface area contributed by atoms with Gasteiger partial charge in [-0.15, -0.1) is 24.0 Å². The third-order valence-electron chi connectivity index (χ3n) is 4.72. The van der Waals surface area contributed by atoms with E-state index < -0.39 is 0 Å². The van der Waals surface area contributed by atoms with Crippen molar-refractivity contribution in [2.75, 3.05) is 39.8 Å². The molecule has 1 unspecified atom stereocenters. The Kier molecular flexibility index (Phi) is 10.5. The molecular weight excluding hydrogens is 425 g/mol. The van der Waals surface area contributed by atoms with Gasteiger partial charge < -0.3 is 19.7 Å². The lowest BCUT2D eigenvalue weighted by Gasteiger charge is -2.29. The molecule has 1 atom stereocenters. The minimum atomic E-state index is 0. The molecule has 0 bridgehead atoms. The molecule has 5 nitrogen and oxygen atoms in total. The van der Waals surface area contributed by atoms with Crippen molar-refractivity contribution in [3.63, 3.8) is 0 Å². The van der Waals surface area contributed by atoms with Crippen molar-refractivity contribution in [3.05, 3.63) is 24.0 Å². The number of aryl methyl sites for hydroxylation is 1. The van der Waals surface area contributed by atoms with Gasteiger partial charge in [0.25, 0.3) is 0 Å². The maximum atomic E-state index is 4.88. The van der Waals surface area contributed by atoms with Crippen molar-refractivity contribution >= 4 is 29.9 Å². The molecule has 1 aromatic rings. The Hall–Kier alpha value is -0.760. The van der Waals surface area contributed by atoms with Gasteiger partial charge in [0.05, 0.1) is 6.54 Å². The quantitative estimate of drug-likeness (QED) is 0.385. The molecule has 0 spiro atoms. The van der Waals surface area contributed by atoms with Crippen LogP contribution < -0.4 is 5.32 Å². The van der Waals surface area contributed by atoms with Gasteiger partial charge in [-0.2, -0.15) is 0 Å². The average Bonchev–Trinajstić information content (AvgIpc) is 2.97. The van der Waals surface area contributed by atoms with Gasteiger partial charge >= 0.3 is 0 Å². The number of hydrogen-bond acceptors (Lipinski definition) is 2. The van der Waals surface area contributed by atoms with Crippen LogP contribution in [0.5, 0.6) is 0 Å². The van der Waals surface area contributed by atoms with Crippen LogP contribution in [-0.2, 0) is 13.6 Å². The third-order valence-corrected chi connectivity index (χ3v) is 4.72. The molecule has 1 aliphatic heterocycles. The van der Waals surface area contributed by atoms with E-state index in [9.17, 15) is 0 Å². The second kappa shape index (κ2) is 11.8. The number of piperidine rings is 1. The zero-order valence-electron chi connectivity index (χ0n) is 16.4. The van der Waals surface area contributed by atoms with E-state index in [0.717, 1.165) is 25.6 Å². The summed E-state index contributed by atoms with van der Waals surface area (Å²) in [5, 5.41) is 3.43. The first-order chi connectivity index (χ1) is 11.6. The van der Waals surface area contributed by atoms with E-state index in [-0.39, 0.29) is 24.0 Å². The Morgan fingerprint density at radius 2 is 2.04 bits per heavy atom. The van der Waals surface area contributed by atoms with Crippen LogP contribution in [0.1, 0.15) is 38.8 Å². The van der Waals surface area contributed by atoms with Crippen molar-refractivity contribution in [3.8, 4) is 0 Å². The number of nitrogens with zero attached hydrogens (tertiary/aromatic N) is 4. The summed E-state index contributed by atoms with van der Waals surface area (Å²) in [5.41, 5.74) is 1.30. The number of hydrogen-bond donors (Lipinski definition) is 1. The van der Waals surface area contributed by atoms with Gasteiger partial charge in [-0.1, -0.05) is 13.3 Å². The normalized spacial score (nSPS) is 17.0. The molecule has 1 aromatic heterocycles. The molecule has 25 heavy (non-hydrogen) atoms. The average molecular weight is 461 g/mol. The lowest BCUT2D eigenvalue weighted by molar-refractivity contribution is 0.202. The molecule has 0 saturated carbocycles. The van der Waals surface area contributed by atoms with Crippen LogP contribution in [0.25, 0.3) is 0 Å². The predicted molar refractivity (Wildman–Crippen MR) is 118 cm³/mol. The first-order valence-electron chi connectivity index (χ1n) is 9.42. The molecular formula is C19H36IN5. The molecule has 1 aliphatic rings. The fourth-order valence-corrected chi connectivity index (χ4v) is 3.33. The number of rotatable bonds is 7. The largest absolute Gasteiger partial charge is 0.357 e. The minimum Gasteiger partial charge on any atom is -0.357 e. The van der Waals surface area contributed by atoms with Crippen LogP contribution in [0.3, 0.4) is 0 Å². The maximum Gasteiger partial charge on any atom is 0.194 e. The molecule has 1 N–H and O–H groups in total. The Morgan fingerprint density at radius 1 is 1.32 bits per heavy atom. The van der Waals surface area contributed by atoms with Crippen LogP contribution in [0.4, 0.5) is 0 Å². The molecule has 2 rings (SSSR count). The molecule has 0 aromatic carbocycles. The molecule has 1 fully saturated rings. The number of aromatic nitrogens is 1. The van der Waals surface area contributed by atoms with Crippen molar-refractivity contribution in [1.29, 1.82) is 0 Å². The number of halogens is 1. The van der Waals surface area contributed by atoms with E-state index >= 15 is 0 Å². The fraction of sp³-hybridized carbons (Fsp3) is 0.737. The first-order valence-corrected chi connectivity index (χ1v) is 9.42. The summed E-state index contributed by atoms with van der Waals surface area (Å²) in [6.07, 6.45) is 6.21. The fourth-order valence-electron chi connectivity index (χ4n) is 3.33. The molecule has 0 aliphatic carbocycles. The minimum absolute atomic E-state index is 0. The first kappa shape index (κ1) is 22.3. The van der Waals surface area contributed by atoms with Crippen molar-refractivity contribution in [2.24, 2.45) is 18.0 Å². The molecule has 1 saturated heterocycles. The lowest BCUT2D eigenvalue weighted by atomic mass is 10.1. The zero-order chi connectivity index (χ0) is 17.4. The Labute approximate surface area is 170 Å². The highest BCUT2D eigenvalue weighted by atomic mass is 127. The van der Waals surface area contributed by atoms with Crippen LogP contribution in [0, 0.1) is 5.92 Å². The molecule has 0 radical (unpaired) electrons. The van der Waals surface area contributed by atoms with E-state index in [1.54, 1.807) is 0 Å². The summed E-state index contributed by atoms with van der Waals surface area (Å²) in [7, 11) is 4.21. The van der Waals surface area contributed by atoms with Gasteiger partial charge in [0.15, 0.2) is 5.96 Å². The van der Waals surface area contributed by atoms with Crippen molar-refractivity contribution in [2.45, 2.75) is 39.7 Å². The van der Waals surface area contributed by atoms with Gasteiger partial charge in [0.1, 0.15) is 0 Å². The Bertz CT molecular complexity index is 508. The van der Waals surface area contributed by atoms with Gasteiger partial charge in [-0.05, 0) is 50.9 Å². The SMILES string of the molecule is CCNC(=NCC(C)CN1CCCCC1)N(C)Cc1cccn1C.I. The van der Waals surface area contributed by atoms with Crippen LogP contribution in [0.2, 0.25) is 0 Å². The number of guanidine groups is 1. The summed E-state index contributed by atoms with van der Waals surface area (Å²) in [5.74, 6) is 1.60. The van der Waals surface area contributed by atoms with Gasteiger partial charge in [0.2, 0.25) is 0 Å². The predicted octanol–water partition coefficient (Wildman–Crippen LogP) is 3.16. The lowest BCUT2D eigenvalue weighted by Crippen LogP contribution is -2.39. The van der Waals surface area contributed by atoms with Gasteiger partial charge in [-0.3, -0.25) is 4.99 Å². The number of aliphatic imine (C=N–C) groups is 1. The van der Waals surface area contributed by atoms with Crippen LogP contribution in [0.15, 0.2) is 23.3 Å². The van der Waals surface area contributed by atoms with Crippen LogP contribution >= 0.6 is 24.0 Å². The highest BCUT2D eigenvalue weighted by Crippen LogP contribution is 2.11. The second-order valence-corrected chi connectivity index (χ2v) is 7.13. The monoisotopic (exact) mass is 461 g/mol.